The van der Waals surface area contributed by atoms with Gasteiger partial charge in [0.15, 0.2) is 5.96 Å². The first-order valence-corrected chi connectivity index (χ1v) is 7.49. The predicted molar refractivity (Wildman–Crippen MR) is 102 cm³/mol. The SMILES string of the molecule is CCNC(=NCCOCCOC)NCCc1ccccc1.I. The summed E-state index contributed by atoms with van der Waals surface area (Å²) in [4.78, 5) is 4.47. The summed E-state index contributed by atoms with van der Waals surface area (Å²) in [6, 6.07) is 10.4. The van der Waals surface area contributed by atoms with Crippen molar-refractivity contribution in [2.75, 3.05) is 46.6 Å². The average molecular weight is 421 g/mol. The fraction of sp³-hybridized carbons (Fsp3) is 0.562. The lowest BCUT2D eigenvalue weighted by Crippen LogP contribution is -2.38. The quantitative estimate of drug-likeness (QED) is 0.263. The molecule has 0 saturated heterocycles. The second-order valence-electron chi connectivity index (χ2n) is 4.53. The van der Waals surface area contributed by atoms with Crippen LogP contribution < -0.4 is 10.6 Å². The van der Waals surface area contributed by atoms with Crippen LogP contribution in [-0.2, 0) is 15.9 Å². The van der Waals surface area contributed by atoms with Gasteiger partial charge in [-0.3, -0.25) is 4.99 Å². The van der Waals surface area contributed by atoms with Gasteiger partial charge >= 0.3 is 0 Å². The lowest BCUT2D eigenvalue weighted by Gasteiger charge is -2.11. The first-order valence-electron chi connectivity index (χ1n) is 7.49. The second-order valence-corrected chi connectivity index (χ2v) is 4.53. The molecule has 0 bridgehead atoms. The minimum Gasteiger partial charge on any atom is -0.382 e. The van der Waals surface area contributed by atoms with Crippen LogP contribution in [0.15, 0.2) is 35.3 Å². The summed E-state index contributed by atoms with van der Waals surface area (Å²) in [7, 11) is 1.67. The minimum absolute atomic E-state index is 0. The predicted octanol–water partition coefficient (Wildman–Crippen LogP) is 2.07. The van der Waals surface area contributed by atoms with Gasteiger partial charge in [0.25, 0.3) is 0 Å². The van der Waals surface area contributed by atoms with E-state index in [1.165, 1.54) is 5.56 Å². The zero-order valence-electron chi connectivity index (χ0n) is 13.5. The first-order chi connectivity index (χ1) is 10.4. The van der Waals surface area contributed by atoms with E-state index in [4.69, 9.17) is 9.47 Å². The maximum atomic E-state index is 5.39. The average Bonchev–Trinajstić information content (AvgIpc) is 2.51. The van der Waals surface area contributed by atoms with Crippen molar-refractivity contribution in [2.45, 2.75) is 13.3 Å². The molecule has 0 heterocycles. The van der Waals surface area contributed by atoms with Gasteiger partial charge in [-0.15, -0.1) is 24.0 Å². The largest absolute Gasteiger partial charge is 0.382 e. The Morgan fingerprint density at radius 1 is 1.09 bits per heavy atom. The highest BCUT2D eigenvalue weighted by Gasteiger charge is 1.97. The molecule has 5 nitrogen and oxygen atoms in total. The van der Waals surface area contributed by atoms with Gasteiger partial charge in [0.05, 0.1) is 26.4 Å². The fourth-order valence-electron chi connectivity index (χ4n) is 1.78. The Balaban J connectivity index is 0.00000441. The summed E-state index contributed by atoms with van der Waals surface area (Å²) in [5, 5.41) is 6.56. The number of rotatable bonds is 10. The number of hydrogen-bond acceptors (Lipinski definition) is 3. The second kappa shape index (κ2) is 15.1. The third-order valence-electron chi connectivity index (χ3n) is 2.83. The van der Waals surface area contributed by atoms with Gasteiger partial charge in [-0.05, 0) is 18.9 Å². The molecule has 0 amide bonds. The van der Waals surface area contributed by atoms with E-state index in [2.05, 4.69) is 46.8 Å². The summed E-state index contributed by atoms with van der Waals surface area (Å²) in [5.41, 5.74) is 1.32. The number of ether oxygens (including phenoxy) is 2. The van der Waals surface area contributed by atoms with Crippen molar-refractivity contribution in [3.63, 3.8) is 0 Å². The molecule has 2 N–H and O–H groups in total. The molecule has 1 rings (SSSR count). The fourth-order valence-corrected chi connectivity index (χ4v) is 1.78. The maximum absolute atomic E-state index is 5.39. The van der Waals surface area contributed by atoms with Crippen molar-refractivity contribution in [1.29, 1.82) is 0 Å². The van der Waals surface area contributed by atoms with E-state index < -0.39 is 0 Å². The van der Waals surface area contributed by atoms with Gasteiger partial charge in [0.1, 0.15) is 0 Å². The lowest BCUT2D eigenvalue weighted by atomic mass is 10.1. The number of benzene rings is 1. The minimum atomic E-state index is 0. The number of nitrogens with one attached hydrogen (secondary N) is 2. The molecule has 22 heavy (non-hydrogen) atoms. The molecule has 0 radical (unpaired) electrons. The lowest BCUT2D eigenvalue weighted by molar-refractivity contribution is 0.0748. The third kappa shape index (κ3) is 10.8. The highest BCUT2D eigenvalue weighted by Crippen LogP contribution is 1.97. The first kappa shape index (κ1) is 21.1. The van der Waals surface area contributed by atoms with Gasteiger partial charge in [-0.25, -0.2) is 0 Å². The third-order valence-corrected chi connectivity index (χ3v) is 2.83. The van der Waals surface area contributed by atoms with Crippen LogP contribution in [-0.4, -0.2) is 52.5 Å². The van der Waals surface area contributed by atoms with E-state index in [0.717, 1.165) is 25.5 Å². The van der Waals surface area contributed by atoms with Crippen LogP contribution >= 0.6 is 24.0 Å². The highest BCUT2D eigenvalue weighted by molar-refractivity contribution is 14.0. The molecule has 0 unspecified atom stereocenters. The summed E-state index contributed by atoms with van der Waals surface area (Å²) in [6.07, 6.45) is 0.982. The van der Waals surface area contributed by atoms with Crippen LogP contribution in [0.2, 0.25) is 0 Å². The van der Waals surface area contributed by atoms with Crippen molar-refractivity contribution in [1.82, 2.24) is 10.6 Å². The summed E-state index contributed by atoms with van der Waals surface area (Å²) >= 11 is 0. The highest BCUT2D eigenvalue weighted by atomic mass is 127. The molecular formula is C16H28IN3O2. The molecule has 0 aliphatic carbocycles. The Morgan fingerprint density at radius 3 is 2.55 bits per heavy atom. The molecular weight excluding hydrogens is 393 g/mol. The molecule has 0 saturated carbocycles. The van der Waals surface area contributed by atoms with Crippen LogP contribution in [0, 0.1) is 0 Å². The maximum Gasteiger partial charge on any atom is 0.191 e. The van der Waals surface area contributed by atoms with Crippen LogP contribution in [0.4, 0.5) is 0 Å². The number of methoxy groups -OCH3 is 1. The number of aliphatic imine (C=N–C) groups is 1. The standard InChI is InChI=1S/C16H27N3O2.HI/c1-3-17-16(19-11-12-21-14-13-20-2)18-10-9-15-7-5-4-6-8-15;/h4-8H,3,9-14H2,1-2H3,(H2,17,18,19);1H. The van der Waals surface area contributed by atoms with Crippen molar-refractivity contribution in [2.24, 2.45) is 4.99 Å². The van der Waals surface area contributed by atoms with E-state index in [9.17, 15) is 0 Å². The summed E-state index contributed by atoms with van der Waals surface area (Å²) < 4.78 is 10.3. The molecule has 0 aliphatic rings. The van der Waals surface area contributed by atoms with Gasteiger partial charge < -0.3 is 20.1 Å². The van der Waals surface area contributed by atoms with E-state index in [1.807, 2.05) is 6.07 Å². The van der Waals surface area contributed by atoms with E-state index in [-0.39, 0.29) is 24.0 Å². The van der Waals surface area contributed by atoms with Gasteiger partial charge in [0.2, 0.25) is 0 Å². The molecule has 126 valence electrons. The zero-order valence-corrected chi connectivity index (χ0v) is 15.8. The molecule has 0 aromatic heterocycles. The molecule has 0 fully saturated rings. The van der Waals surface area contributed by atoms with Crippen molar-refractivity contribution >= 4 is 29.9 Å². The van der Waals surface area contributed by atoms with Crippen molar-refractivity contribution in [3.8, 4) is 0 Å². The van der Waals surface area contributed by atoms with Gasteiger partial charge in [0, 0.05) is 20.2 Å². The Labute approximate surface area is 150 Å². The summed E-state index contributed by atoms with van der Waals surface area (Å²) in [6.45, 7) is 6.26. The Morgan fingerprint density at radius 2 is 1.86 bits per heavy atom. The number of nitrogens with zero attached hydrogens (tertiary/aromatic N) is 1. The van der Waals surface area contributed by atoms with Gasteiger partial charge in [-0.2, -0.15) is 0 Å². The van der Waals surface area contributed by atoms with Crippen LogP contribution in [0.1, 0.15) is 12.5 Å². The Hall–Kier alpha value is -0.860. The van der Waals surface area contributed by atoms with Crippen molar-refractivity contribution in [3.05, 3.63) is 35.9 Å². The monoisotopic (exact) mass is 421 g/mol. The molecule has 0 aliphatic heterocycles. The number of hydrogen-bond donors (Lipinski definition) is 2. The van der Waals surface area contributed by atoms with Crippen molar-refractivity contribution < 1.29 is 9.47 Å². The van der Waals surface area contributed by atoms with Crippen LogP contribution in [0.5, 0.6) is 0 Å². The molecule has 0 atom stereocenters. The van der Waals surface area contributed by atoms with E-state index >= 15 is 0 Å². The summed E-state index contributed by atoms with van der Waals surface area (Å²) in [5.74, 6) is 0.837. The van der Waals surface area contributed by atoms with E-state index in [0.29, 0.717) is 26.4 Å². The van der Waals surface area contributed by atoms with E-state index in [1.54, 1.807) is 7.11 Å². The topological polar surface area (TPSA) is 54.9 Å². The number of halogens is 1. The van der Waals surface area contributed by atoms with Crippen LogP contribution in [0.3, 0.4) is 0 Å². The van der Waals surface area contributed by atoms with Gasteiger partial charge in [-0.1, -0.05) is 30.3 Å². The molecule has 0 spiro atoms. The molecule has 6 heteroatoms. The van der Waals surface area contributed by atoms with Crippen LogP contribution in [0.25, 0.3) is 0 Å². The Bertz CT molecular complexity index is 388. The number of guanidine groups is 1. The Kier molecular flexibility index (Phi) is 14.5. The smallest absolute Gasteiger partial charge is 0.191 e. The normalized spacial score (nSPS) is 10.9. The zero-order chi connectivity index (χ0) is 15.2. The molecule has 1 aromatic rings. The molecule has 1 aromatic carbocycles.